The molecule has 2 aromatic rings. The van der Waals surface area contributed by atoms with Gasteiger partial charge in [-0.1, -0.05) is 25.1 Å². The van der Waals surface area contributed by atoms with E-state index in [0.717, 1.165) is 9.87 Å². The van der Waals surface area contributed by atoms with Crippen LogP contribution in [0.5, 0.6) is 11.5 Å². The summed E-state index contributed by atoms with van der Waals surface area (Å²) in [6.45, 7) is 4.13. The van der Waals surface area contributed by atoms with Gasteiger partial charge in [0.2, 0.25) is 0 Å². The zero-order valence-electron chi connectivity index (χ0n) is 15.9. The van der Waals surface area contributed by atoms with Gasteiger partial charge >= 0.3 is 5.97 Å². The normalized spacial score (nSPS) is 13.1. The lowest BCUT2D eigenvalue weighted by Crippen LogP contribution is -2.37. The molecule has 0 bridgehead atoms. The van der Waals surface area contributed by atoms with Gasteiger partial charge in [-0.2, -0.15) is 0 Å². The number of para-hydroxylation sites is 1. The van der Waals surface area contributed by atoms with Crippen LogP contribution in [0.15, 0.2) is 47.4 Å². The van der Waals surface area contributed by atoms with Crippen LogP contribution in [0.1, 0.15) is 19.4 Å². The molecule has 0 saturated carbocycles. The molecule has 1 aliphatic rings. The lowest BCUT2D eigenvalue weighted by atomic mass is 10.1. The van der Waals surface area contributed by atoms with Crippen molar-refractivity contribution in [3.8, 4) is 11.5 Å². The number of carbonyl (C=O) groups excluding carboxylic acids is 1. The highest BCUT2D eigenvalue weighted by molar-refractivity contribution is 7.92. The van der Waals surface area contributed by atoms with E-state index in [2.05, 4.69) is 0 Å². The third-order valence-electron chi connectivity index (χ3n) is 4.32. The summed E-state index contributed by atoms with van der Waals surface area (Å²) in [6.07, 6.45) is 0.617. The minimum absolute atomic E-state index is 0.0203. The SMILES string of the molecule is CCOC(=O)CN(c1ccccc1CC)S(=O)(=O)c1ccc2c(c1)OCCO2. The van der Waals surface area contributed by atoms with Crippen LogP contribution in [-0.2, 0) is 26.0 Å². The largest absolute Gasteiger partial charge is 0.486 e. The van der Waals surface area contributed by atoms with Gasteiger partial charge in [-0.3, -0.25) is 9.10 Å². The zero-order valence-corrected chi connectivity index (χ0v) is 16.7. The Morgan fingerprint density at radius 3 is 2.50 bits per heavy atom. The van der Waals surface area contributed by atoms with Crippen molar-refractivity contribution in [1.82, 2.24) is 0 Å². The first-order valence-corrected chi connectivity index (χ1v) is 10.6. The van der Waals surface area contributed by atoms with Crippen LogP contribution in [0.2, 0.25) is 0 Å². The summed E-state index contributed by atoms with van der Waals surface area (Å²) in [5.74, 6) is 0.248. The first-order chi connectivity index (χ1) is 13.5. The number of nitrogens with zero attached hydrogens (tertiary/aromatic N) is 1. The minimum atomic E-state index is -4.04. The molecule has 0 fully saturated rings. The average Bonchev–Trinajstić information content (AvgIpc) is 2.71. The van der Waals surface area contributed by atoms with Crippen molar-refractivity contribution in [2.75, 3.05) is 30.7 Å². The maximum atomic E-state index is 13.4. The number of fused-ring (bicyclic) bond motifs is 1. The molecule has 0 aliphatic carbocycles. The Hall–Kier alpha value is -2.74. The Morgan fingerprint density at radius 1 is 1.07 bits per heavy atom. The van der Waals surface area contributed by atoms with Crippen molar-refractivity contribution in [1.29, 1.82) is 0 Å². The molecule has 8 heteroatoms. The number of ether oxygens (including phenoxy) is 3. The summed E-state index contributed by atoms with van der Waals surface area (Å²) in [5.41, 5.74) is 1.26. The van der Waals surface area contributed by atoms with Gasteiger partial charge in [0.15, 0.2) is 11.5 Å². The Bertz CT molecular complexity index is 957. The summed E-state index contributed by atoms with van der Waals surface area (Å²) in [6, 6.07) is 11.6. The van der Waals surface area contributed by atoms with E-state index in [0.29, 0.717) is 36.8 Å². The van der Waals surface area contributed by atoms with Crippen molar-refractivity contribution >= 4 is 21.7 Å². The van der Waals surface area contributed by atoms with E-state index in [4.69, 9.17) is 14.2 Å². The first-order valence-electron chi connectivity index (χ1n) is 9.13. The second kappa shape index (κ2) is 8.52. The third kappa shape index (κ3) is 4.06. The van der Waals surface area contributed by atoms with Gasteiger partial charge in [-0.05, 0) is 37.1 Å². The van der Waals surface area contributed by atoms with Crippen LogP contribution in [-0.4, -0.2) is 40.8 Å². The lowest BCUT2D eigenvalue weighted by Gasteiger charge is -2.26. The second-order valence-electron chi connectivity index (χ2n) is 6.10. The molecule has 7 nitrogen and oxygen atoms in total. The van der Waals surface area contributed by atoms with Crippen LogP contribution in [0.25, 0.3) is 0 Å². The van der Waals surface area contributed by atoms with Crippen molar-refractivity contribution in [3.05, 3.63) is 48.0 Å². The maximum Gasteiger partial charge on any atom is 0.326 e. The highest BCUT2D eigenvalue weighted by Crippen LogP contribution is 2.35. The molecule has 0 radical (unpaired) electrons. The maximum absolute atomic E-state index is 13.4. The van der Waals surface area contributed by atoms with Crippen molar-refractivity contribution in [2.45, 2.75) is 25.2 Å². The predicted molar refractivity (Wildman–Crippen MR) is 104 cm³/mol. The summed E-state index contributed by atoms with van der Waals surface area (Å²) >= 11 is 0. The first kappa shape index (κ1) is 20.0. The summed E-state index contributed by atoms with van der Waals surface area (Å²) in [7, 11) is -4.04. The molecule has 0 N–H and O–H groups in total. The number of carbonyl (C=O) groups is 1. The fraction of sp³-hybridized carbons (Fsp3) is 0.350. The lowest BCUT2D eigenvalue weighted by molar-refractivity contribution is -0.141. The molecule has 1 heterocycles. The number of hydrogen-bond acceptors (Lipinski definition) is 6. The Kier molecular flexibility index (Phi) is 6.08. The fourth-order valence-electron chi connectivity index (χ4n) is 2.99. The molecule has 28 heavy (non-hydrogen) atoms. The van der Waals surface area contributed by atoms with E-state index in [-0.39, 0.29) is 11.5 Å². The van der Waals surface area contributed by atoms with Gasteiger partial charge in [-0.15, -0.1) is 0 Å². The van der Waals surface area contributed by atoms with Crippen LogP contribution >= 0.6 is 0 Å². The summed E-state index contributed by atoms with van der Waals surface area (Å²) in [5, 5.41) is 0. The molecule has 0 spiro atoms. The number of anilines is 1. The zero-order chi connectivity index (χ0) is 20.1. The molecule has 0 aromatic heterocycles. The number of esters is 1. The highest BCUT2D eigenvalue weighted by atomic mass is 32.2. The average molecular weight is 405 g/mol. The van der Waals surface area contributed by atoms with Crippen molar-refractivity contribution in [2.24, 2.45) is 0 Å². The van der Waals surface area contributed by atoms with E-state index in [9.17, 15) is 13.2 Å². The van der Waals surface area contributed by atoms with Gasteiger partial charge in [0.05, 0.1) is 17.2 Å². The second-order valence-corrected chi connectivity index (χ2v) is 7.97. The topological polar surface area (TPSA) is 82.1 Å². The minimum Gasteiger partial charge on any atom is -0.486 e. The molecule has 150 valence electrons. The van der Waals surface area contributed by atoms with Crippen LogP contribution < -0.4 is 13.8 Å². The molecular weight excluding hydrogens is 382 g/mol. The predicted octanol–water partition coefficient (Wildman–Crippen LogP) is 2.78. The molecule has 3 rings (SSSR count). The monoisotopic (exact) mass is 405 g/mol. The molecular formula is C20H23NO6S. The quantitative estimate of drug-likeness (QED) is 0.659. The van der Waals surface area contributed by atoms with Crippen molar-refractivity contribution < 1.29 is 27.4 Å². The molecule has 2 aromatic carbocycles. The highest BCUT2D eigenvalue weighted by Gasteiger charge is 2.30. The van der Waals surface area contributed by atoms with Crippen molar-refractivity contribution in [3.63, 3.8) is 0 Å². The number of benzene rings is 2. The van der Waals surface area contributed by atoms with Gasteiger partial charge in [-0.25, -0.2) is 8.42 Å². The summed E-state index contributed by atoms with van der Waals surface area (Å²) in [4.78, 5) is 12.2. The van der Waals surface area contributed by atoms with E-state index >= 15 is 0 Å². The van der Waals surface area contributed by atoms with Gasteiger partial charge in [0.25, 0.3) is 10.0 Å². The van der Waals surface area contributed by atoms with E-state index in [1.54, 1.807) is 25.1 Å². The van der Waals surface area contributed by atoms with Gasteiger partial charge in [0, 0.05) is 6.07 Å². The smallest absolute Gasteiger partial charge is 0.326 e. The number of rotatable bonds is 7. The summed E-state index contributed by atoms with van der Waals surface area (Å²) < 4.78 is 44.0. The third-order valence-corrected chi connectivity index (χ3v) is 6.08. The van der Waals surface area contributed by atoms with Crippen LogP contribution in [0.3, 0.4) is 0 Å². The Balaban J connectivity index is 2.06. The molecule has 0 atom stereocenters. The van der Waals surface area contributed by atoms with E-state index in [1.807, 2.05) is 19.1 Å². The molecule has 1 aliphatic heterocycles. The van der Waals surface area contributed by atoms with Crippen LogP contribution in [0, 0.1) is 0 Å². The van der Waals surface area contributed by atoms with Crippen LogP contribution in [0.4, 0.5) is 5.69 Å². The Morgan fingerprint density at radius 2 is 1.79 bits per heavy atom. The van der Waals surface area contributed by atoms with E-state index in [1.165, 1.54) is 12.1 Å². The van der Waals surface area contributed by atoms with Gasteiger partial charge < -0.3 is 14.2 Å². The van der Waals surface area contributed by atoms with Gasteiger partial charge in [0.1, 0.15) is 19.8 Å². The molecule has 0 saturated heterocycles. The standard InChI is InChI=1S/C20H23NO6S/c1-3-15-7-5-6-8-17(15)21(14-20(22)25-4-2)28(23,24)16-9-10-18-19(13-16)27-12-11-26-18/h5-10,13H,3-4,11-12,14H2,1-2H3. The fourth-order valence-corrected chi connectivity index (χ4v) is 4.45. The molecule has 0 unspecified atom stereocenters. The Labute approximate surface area is 164 Å². The molecule has 0 amide bonds. The number of hydrogen-bond donors (Lipinski definition) is 0. The number of sulfonamides is 1. The number of aryl methyl sites for hydroxylation is 1. The van der Waals surface area contributed by atoms with E-state index < -0.39 is 22.5 Å².